The van der Waals surface area contributed by atoms with Gasteiger partial charge < -0.3 is 5.32 Å². The normalized spacial score (nSPS) is 29.6. The molecule has 1 spiro atoms. The molecular formula is C16H23NS. The highest BCUT2D eigenvalue weighted by Crippen LogP contribution is 2.61. The molecule has 2 heteroatoms. The Morgan fingerprint density at radius 2 is 2.22 bits per heavy atom. The molecular weight excluding hydrogens is 238 g/mol. The van der Waals surface area contributed by atoms with E-state index in [-0.39, 0.29) is 0 Å². The molecule has 1 nitrogen and oxygen atoms in total. The third-order valence-corrected chi connectivity index (χ3v) is 5.48. The Morgan fingerprint density at radius 3 is 3.06 bits per heavy atom. The zero-order chi connectivity index (χ0) is 12.6. The average Bonchev–Trinajstić information content (AvgIpc) is 3.03. The topological polar surface area (TPSA) is 12.0 Å². The summed E-state index contributed by atoms with van der Waals surface area (Å²) < 4.78 is 0. The molecule has 1 aromatic carbocycles. The van der Waals surface area contributed by atoms with Gasteiger partial charge in [0.25, 0.3) is 0 Å². The molecule has 2 atom stereocenters. The lowest BCUT2D eigenvalue weighted by Gasteiger charge is -2.26. The van der Waals surface area contributed by atoms with Crippen LogP contribution in [0.4, 0.5) is 0 Å². The highest BCUT2D eigenvalue weighted by Gasteiger charge is 2.56. The second-order valence-electron chi connectivity index (χ2n) is 6.20. The van der Waals surface area contributed by atoms with Gasteiger partial charge in [0.1, 0.15) is 0 Å². The predicted molar refractivity (Wildman–Crippen MR) is 79.3 cm³/mol. The first-order valence-corrected chi connectivity index (χ1v) is 8.14. The molecule has 1 aromatic rings. The lowest BCUT2D eigenvalue weighted by atomic mass is 9.90. The van der Waals surface area contributed by atoms with Crippen LogP contribution < -0.4 is 5.32 Å². The van der Waals surface area contributed by atoms with Crippen LogP contribution in [0.15, 0.2) is 29.2 Å². The van der Waals surface area contributed by atoms with Gasteiger partial charge in [-0.3, -0.25) is 0 Å². The maximum absolute atomic E-state index is 3.64. The second kappa shape index (κ2) is 4.90. The quantitative estimate of drug-likeness (QED) is 0.887. The Kier molecular flexibility index (Phi) is 3.42. The SMILES string of the molecule is CC(C)CNCC1CC12CCSc1ccccc12. The van der Waals surface area contributed by atoms with E-state index in [0.717, 1.165) is 18.4 Å². The summed E-state index contributed by atoms with van der Waals surface area (Å²) in [6.45, 7) is 6.92. The Balaban J connectivity index is 1.68. The van der Waals surface area contributed by atoms with E-state index in [9.17, 15) is 0 Å². The van der Waals surface area contributed by atoms with Crippen molar-refractivity contribution in [3.8, 4) is 0 Å². The molecule has 1 aliphatic heterocycles. The van der Waals surface area contributed by atoms with Crippen molar-refractivity contribution >= 4 is 11.8 Å². The zero-order valence-corrected chi connectivity index (χ0v) is 12.2. The molecule has 18 heavy (non-hydrogen) atoms. The standard InChI is InChI=1S/C16H23NS/c1-12(2)10-17-11-13-9-16(13)7-8-18-15-6-4-3-5-14(15)16/h3-6,12-13,17H,7-11H2,1-2H3. The van der Waals surface area contributed by atoms with Gasteiger partial charge in [-0.15, -0.1) is 11.8 Å². The van der Waals surface area contributed by atoms with Gasteiger partial charge in [-0.1, -0.05) is 32.0 Å². The Morgan fingerprint density at radius 1 is 1.39 bits per heavy atom. The van der Waals surface area contributed by atoms with Crippen LogP contribution in [0.2, 0.25) is 0 Å². The molecule has 0 amide bonds. The van der Waals surface area contributed by atoms with E-state index in [2.05, 4.69) is 43.4 Å². The highest BCUT2D eigenvalue weighted by atomic mass is 32.2. The molecule has 1 fully saturated rings. The highest BCUT2D eigenvalue weighted by molar-refractivity contribution is 7.99. The van der Waals surface area contributed by atoms with Gasteiger partial charge in [-0.2, -0.15) is 0 Å². The van der Waals surface area contributed by atoms with Crippen molar-refractivity contribution < 1.29 is 0 Å². The first-order chi connectivity index (χ1) is 8.72. The number of rotatable bonds is 4. The van der Waals surface area contributed by atoms with E-state index >= 15 is 0 Å². The smallest absolute Gasteiger partial charge is 0.0110 e. The van der Waals surface area contributed by atoms with Crippen molar-refractivity contribution in [3.63, 3.8) is 0 Å². The van der Waals surface area contributed by atoms with Crippen molar-refractivity contribution in [3.05, 3.63) is 29.8 Å². The van der Waals surface area contributed by atoms with Crippen LogP contribution >= 0.6 is 11.8 Å². The van der Waals surface area contributed by atoms with Crippen LogP contribution in [0, 0.1) is 11.8 Å². The molecule has 1 N–H and O–H groups in total. The maximum atomic E-state index is 3.64. The number of thioether (sulfide) groups is 1. The minimum Gasteiger partial charge on any atom is -0.316 e. The Hall–Kier alpha value is -0.470. The first kappa shape index (κ1) is 12.6. The molecule has 1 aliphatic carbocycles. The number of hydrogen-bond acceptors (Lipinski definition) is 2. The average molecular weight is 261 g/mol. The van der Waals surface area contributed by atoms with E-state index in [1.165, 1.54) is 30.0 Å². The van der Waals surface area contributed by atoms with Crippen molar-refractivity contribution in [1.82, 2.24) is 5.32 Å². The molecule has 0 aromatic heterocycles. The summed E-state index contributed by atoms with van der Waals surface area (Å²) in [7, 11) is 0. The number of hydrogen-bond donors (Lipinski definition) is 1. The molecule has 2 aliphatic rings. The van der Waals surface area contributed by atoms with Crippen molar-refractivity contribution in [2.75, 3.05) is 18.8 Å². The molecule has 3 rings (SSSR count). The second-order valence-corrected chi connectivity index (χ2v) is 7.34. The van der Waals surface area contributed by atoms with E-state index in [0.29, 0.717) is 5.41 Å². The van der Waals surface area contributed by atoms with Gasteiger partial charge in [-0.25, -0.2) is 0 Å². The van der Waals surface area contributed by atoms with Crippen LogP contribution in [0.1, 0.15) is 32.3 Å². The zero-order valence-electron chi connectivity index (χ0n) is 11.4. The third-order valence-electron chi connectivity index (χ3n) is 4.40. The summed E-state index contributed by atoms with van der Waals surface area (Å²) in [6, 6.07) is 9.06. The fraction of sp³-hybridized carbons (Fsp3) is 0.625. The fourth-order valence-corrected chi connectivity index (χ4v) is 4.60. The molecule has 98 valence electrons. The van der Waals surface area contributed by atoms with Gasteiger partial charge in [0.2, 0.25) is 0 Å². The van der Waals surface area contributed by atoms with Gasteiger partial charge in [0.05, 0.1) is 0 Å². The molecule has 0 bridgehead atoms. The molecule has 1 saturated carbocycles. The Labute approximate surface area is 115 Å². The van der Waals surface area contributed by atoms with Gasteiger partial charge in [0, 0.05) is 10.3 Å². The van der Waals surface area contributed by atoms with E-state index in [1.54, 1.807) is 5.56 Å². The molecule has 2 unspecified atom stereocenters. The van der Waals surface area contributed by atoms with Crippen LogP contribution in [-0.2, 0) is 5.41 Å². The van der Waals surface area contributed by atoms with Crippen LogP contribution in [0.3, 0.4) is 0 Å². The monoisotopic (exact) mass is 261 g/mol. The third kappa shape index (κ3) is 2.21. The number of nitrogens with one attached hydrogen (secondary N) is 1. The summed E-state index contributed by atoms with van der Waals surface area (Å²) in [6.07, 6.45) is 2.78. The minimum absolute atomic E-state index is 0.534. The van der Waals surface area contributed by atoms with Crippen LogP contribution in [-0.4, -0.2) is 18.8 Å². The largest absolute Gasteiger partial charge is 0.316 e. The lowest BCUT2D eigenvalue weighted by Crippen LogP contribution is -2.26. The summed E-state index contributed by atoms with van der Waals surface area (Å²) >= 11 is 2.04. The molecule has 1 heterocycles. The number of fused-ring (bicyclic) bond motifs is 2. The summed E-state index contributed by atoms with van der Waals surface area (Å²) in [5, 5.41) is 3.64. The molecule has 0 saturated heterocycles. The van der Waals surface area contributed by atoms with Crippen molar-refractivity contribution in [1.29, 1.82) is 0 Å². The van der Waals surface area contributed by atoms with Gasteiger partial charge in [-0.05, 0) is 55.1 Å². The Bertz CT molecular complexity index is 429. The van der Waals surface area contributed by atoms with E-state index < -0.39 is 0 Å². The minimum atomic E-state index is 0.534. The summed E-state index contributed by atoms with van der Waals surface area (Å²) in [5.41, 5.74) is 2.17. The van der Waals surface area contributed by atoms with Crippen LogP contribution in [0.25, 0.3) is 0 Å². The van der Waals surface area contributed by atoms with E-state index in [4.69, 9.17) is 0 Å². The summed E-state index contributed by atoms with van der Waals surface area (Å²) in [5.74, 6) is 2.93. The molecule has 0 radical (unpaired) electrons. The maximum Gasteiger partial charge on any atom is 0.0110 e. The summed E-state index contributed by atoms with van der Waals surface area (Å²) in [4.78, 5) is 1.54. The number of benzene rings is 1. The van der Waals surface area contributed by atoms with Crippen LogP contribution in [0.5, 0.6) is 0 Å². The van der Waals surface area contributed by atoms with Gasteiger partial charge in [0.15, 0.2) is 0 Å². The van der Waals surface area contributed by atoms with Gasteiger partial charge >= 0.3 is 0 Å². The van der Waals surface area contributed by atoms with Crippen molar-refractivity contribution in [2.24, 2.45) is 11.8 Å². The lowest BCUT2D eigenvalue weighted by molar-refractivity contribution is 0.495. The van der Waals surface area contributed by atoms with E-state index in [1.807, 2.05) is 11.8 Å². The first-order valence-electron chi connectivity index (χ1n) is 7.15. The van der Waals surface area contributed by atoms with Crippen molar-refractivity contribution in [2.45, 2.75) is 37.0 Å². The fourth-order valence-electron chi connectivity index (χ4n) is 3.31. The predicted octanol–water partition coefficient (Wildman–Crippen LogP) is 3.69.